The Balaban J connectivity index is 3.22. The molecule has 0 N–H and O–H groups in total. The summed E-state index contributed by atoms with van der Waals surface area (Å²) >= 11 is 5.62. The van der Waals surface area contributed by atoms with Crippen molar-refractivity contribution in [2.24, 2.45) is 0 Å². The van der Waals surface area contributed by atoms with Gasteiger partial charge >= 0.3 is 0 Å². The molecule has 0 bridgehead atoms. The van der Waals surface area contributed by atoms with E-state index in [1.54, 1.807) is 12.1 Å². The van der Waals surface area contributed by atoms with E-state index in [9.17, 15) is 4.39 Å². The second-order valence-electron chi connectivity index (χ2n) is 2.45. The third-order valence-corrected chi connectivity index (χ3v) is 1.73. The maximum Gasteiger partial charge on any atom is 0.130 e. The molecule has 0 unspecified atom stereocenters. The number of rotatable bonds is 1. The van der Waals surface area contributed by atoms with E-state index in [1.807, 2.05) is 0 Å². The van der Waals surface area contributed by atoms with Gasteiger partial charge in [-0.2, -0.15) is 10.5 Å². The van der Waals surface area contributed by atoms with E-state index >= 15 is 0 Å². The van der Waals surface area contributed by atoms with Gasteiger partial charge in [-0.25, -0.2) is 4.39 Å². The number of hydrogen-bond donors (Lipinski definition) is 0. The predicted molar refractivity (Wildman–Crippen MR) is 50.6 cm³/mol. The maximum atomic E-state index is 13.1. The highest BCUT2D eigenvalue weighted by Gasteiger charge is 2.01. The van der Waals surface area contributed by atoms with Crippen LogP contribution in [-0.2, 0) is 0 Å². The Hall–Kier alpha value is -1.84. The van der Waals surface area contributed by atoms with Crippen LogP contribution in [0.25, 0.3) is 6.08 Å². The highest BCUT2D eigenvalue weighted by molar-refractivity contribution is 6.30. The molecule has 4 heteroatoms. The Morgan fingerprint density at radius 2 is 2.00 bits per heavy atom. The summed E-state index contributed by atoms with van der Waals surface area (Å²) in [7, 11) is 0. The quantitative estimate of drug-likeness (QED) is 0.664. The smallest absolute Gasteiger partial charge is 0.130 e. The van der Waals surface area contributed by atoms with Crippen LogP contribution >= 0.6 is 11.6 Å². The van der Waals surface area contributed by atoms with Gasteiger partial charge in [0.15, 0.2) is 0 Å². The fourth-order valence-electron chi connectivity index (χ4n) is 0.870. The minimum Gasteiger partial charge on any atom is -0.206 e. The van der Waals surface area contributed by atoms with Gasteiger partial charge in [0.25, 0.3) is 0 Å². The van der Waals surface area contributed by atoms with Gasteiger partial charge in [-0.1, -0.05) is 11.6 Å². The topological polar surface area (TPSA) is 47.6 Å². The molecule has 0 aliphatic heterocycles. The van der Waals surface area contributed by atoms with E-state index < -0.39 is 5.82 Å². The molecule has 0 saturated heterocycles. The molecule has 0 aromatic heterocycles. The summed E-state index contributed by atoms with van der Waals surface area (Å²) < 4.78 is 13.1. The number of halogens is 2. The van der Waals surface area contributed by atoms with Crippen LogP contribution in [0.3, 0.4) is 0 Å². The van der Waals surface area contributed by atoms with E-state index in [2.05, 4.69) is 0 Å². The fourth-order valence-corrected chi connectivity index (χ4v) is 1.05. The van der Waals surface area contributed by atoms with Crippen molar-refractivity contribution in [3.8, 4) is 12.1 Å². The normalized spacial score (nSPS) is 8.57. The third kappa shape index (κ3) is 2.32. The van der Waals surface area contributed by atoms with Gasteiger partial charge in [0, 0.05) is 10.6 Å². The molecule has 1 aromatic carbocycles. The average molecular weight is 207 g/mol. The molecular weight excluding hydrogens is 203 g/mol. The lowest BCUT2D eigenvalue weighted by Gasteiger charge is -1.96. The van der Waals surface area contributed by atoms with Gasteiger partial charge in [-0.3, -0.25) is 0 Å². The first-order valence-electron chi connectivity index (χ1n) is 3.64. The molecular formula is C10H4ClFN2. The van der Waals surface area contributed by atoms with Crippen molar-refractivity contribution < 1.29 is 4.39 Å². The average Bonchev–Trinajstić information content (AvgIpc) is 2.19. The molecule has 1 aromatic rings. The van der Waals surface area contributed by atoms with Gasteiger partial charge in [0.1, 0.15) is 23.5 Å². The summed E-state index contributed by atoms with van der Waals surface area (Å²) in [6.45, 7) is 0. The van der Waals surface area contributed by atoms with Gasteiger partial charge in [0.2, 0.25) is 0 Å². The molecule has 0 atom stereocenters. The van der Waals surface area contributed by atoms with E-state index in [0.717, 1.165) is 6.08 Å². The Morgan fingerprint density at radius 1 is 1.36 bits per heavy atom. The second kappa shape index (κ2) is 4.41. The lowest BCUT2D eigenvalue weighted by atomic mass is 10.1. The van der Waals surface area contributed by atoms with Crippen LogP contribution in [-0.4, -0.2) is 0 Å². The first-order valence-corrected chi connectivity index (χ1v) is 4.02. The summed E-state index contributed by atoms with van der Waals surface area (Å²) in [5.41, 5.74) is -0.0261. The summed E-state index contributed by atoms with van der Waals surface area (Å²) in [5, 5.41) is 17.3. The van der Waals surface area contributed by atoms with Crippen LogP contribution in [0.5, 0.6) is 0 Å². The van der Waals surface area contributed by atoms with Crippen molar-refractivity contribution >= 4 is 17.7 Å². The first-order chi connectivity index (χ1) is 6.67. The molecule has 0 radical (unpaired) electrons. The van der Waals surface area contributed by atoms with E-state index in [-0.39, 0.29) is 11.1 Å². The number of nitrogens with zero attached hydrogens (tertiary/aromatic N) is 2. The summed E-state index contributed by atoms with van der Waals surface area (Å²) in [6.07, 6.45) is 1.15. The summed E-state index contributed by atoms with van der Waals surface area (Å²) in [6, 6.07) is 7.20. The van der Waals surface area contributed by atoms with Gasteiger partial charge < -0.3 is 0 Å². The summed E-state index contributed by atoms with van der Waals surface area (Å²) in [5.74, 6) is -0.516. The highest BCUT2D eigenvalue weighted by atomic mass is 35.5. The SMILES string of the molecule is N#CC(C#N)=Cc1cc(Cl)ccc1F. The molecule has 0 aliphatic rings. The van der Waals surface area contributed by atoms with Gasteiger partial charge in [0.05, 0.1) is 0 Å². The van der Waals surface area contributed by atoms with Crippen LogP contribution < -0.4 is 0 Å². The van der Waals surface area contributed by atoms with Crippen molar-refractivity contribution in [1.82, 2.24) is 0 Å². The standard InChI is InChI=1S/C10H4ClFN2/c11-9-1-2-10(12)8(4-9)3-7(5-13)6-14/h1-4H. The maximum absolute atomic E-state index is 13.1. The predicted octanol–water partition coefficient (Wildman–Crippen LogP) is 2.91. The molecule has 0 heterocycles. The minimum atomic E-state index is -0.516. The number of benzene rings is 1. The Bertz CT molecular complexity index is 450. The summed E-state index contributed by atoms with van der Waals surface area (Å²) in [4.78, 5) is 0. The first kappa shape index (κ1) is 10.2. The fraction of sp³-hybridized carbons (Fsp3) is 0. The van der Waals surface area contributed by atoms with Crippen molar-refractivity contribution in [2.75, 3.05) is 0 Å². The molecule has 1 rings (SSSR count). The van der Waals surface area contributed by atoms with E-state index in [4.69, 9.17) is 22.1 Å². The van der Waals surface area contributed by atoms with Gasteiger partial charge in [-0.15, -0.1) is 0 Å². The van der Waals surface area contributed by atoms with E-state index in [1.165, 1.54) is 18.2 Å². The van der Waals surface area contributed by atoms with E-state index in [0.29, 0.717) is 5.02 Å². The zero-order chi connectivity index (χ0) is 10.6. The lowest BCUT2D eigenvalue weighted by Crippen LogP contribution is -1.83. The molecule has 0 amide bonds. The number of nitriles is 2. The zero-order valence-corrected chi connectivity index (χ0v) is 7.72. The molecule has 0 spiro atoms. The van der Waals surface area contributed by atoms with Crippen molar-refractivity contribution in [2.45, 2.75) is 0 Å². The molecule has 14 heavy (non-hydrogen) atoms. The molecule has 2 nitrogen and oxygen atoms in total. The molecule has 68 valence electrons. The number of hydrogen-bond acceptors (Lipinski definition) is 2. The lowest BCUT2D eigenvalue weighted by molar-refractivity contribution is 0.625. The van der Waals surface area contributed by atoms with Gasteiger partial charge in [-0.05, 0) is 24.3 Å². The molecule has 0 saturated carbocycles. The molecule has 0 fully saturated rings. The monoisotopic (exact) mass is 206 g/mol. The Kier molecular flexibility index (Phi) is 3.23. The Morgan fingerprint density at radius 3 is 2.57 bits per heavy atom. The van der Waals surface area contributed by atoms with Crippen molar-refractivity contribution in [3.63, 3.8) is 0 Å². The van der Waals surface area contributed by atoms with Crippen LogP contribution in [0.15, 0.2) is 23.8 Å². The largest absolute Gasteiger partial charge is 0.206 e. The van der Waals surface area contributed by atoms with Crippen LogP contribution in [0.2, 0.25) is 5.02 Å². The van der Waals surface area contributed by atoms with Crippen molar-refractivity contribution in [1.29, 1.82) is 10.5 Å². The van der Waals surface area contributed by atoms with Crippen LogP contribution in [0.4, 0.5) is 4.39 Å². The zero-order valence-electron chi connectivity index (χ0n) is 6.96. The Labute approximate surface area is 85.5 Å². The minimum absolute atomic E-state index is 0.135. The third-order valence-electron chi connectivity index (χ3n) is 1.50. The van der Waals surface area contributed by atoms with Crippen LogP contribution in [0.1, 0.15) is 5.56 Å². The van der Waals surface area contributed by atoms with Crippen LogP contribution in [0, 0.1) is 28.5 Å². The number of allylic oxidation sites excluding steroid dienone is 1. The highest BCUT2D eigenvalue weighted by Crippen LogP contribution is 2.17. The second-order valence-corrected chi connectivity index (χ2v) is 2.88. The molecule has 0 aliphatic carbocycles. The van der Waals surface area contributed by atoms with Crippen molar-refractivity contribution in [3.05, 3.63) is 40.2 Å².